The van der Waals surface area contributed by atoms with E-state index in [2.05, 4.69) is 24.2 Å². The number of hydrogen-bond acceptors (Lipinski definition) is 4. The van der Waals surface area contributed by atoms with E-state index in [4.69, 9.17) is 4.74 Å². The summed E-state index contributed by atoms with van der Waals surface area (Å²) >= 11 is 1.57. The molecule has 1 amide bonds. The van der Waals surface area contributed by atoms with Gasteiger partial charge in [-0.3, -0.25) is 9.79 Å². The zero-order chi connectivity index (χ0) is 13.7. The maximum Gasteiger partial charge on any atom is 0.257 e. The lowest BCUT2D eigenvalue weighted by molar-refractivity contribution is 0.0977. The average Bonchev–Trinajstić information content (AvgIpc) is 2.89. The van der Waals surface area contributed by atoms with Crippen molar-refractivity contribution < 1.29 is 9.53 Å². The van der Waals surface area contributed by atoms with Gasteiger partial charge in [-0.05, 0) is 24.1 Å². The third kappa shape index (κ3) is 4.28. The van der Waals surface area contributed by atoms with E-state index < -0.39 is 0 Å². The van der Waals surface area contributed by atoms with E-state index in [0.29, 0.717) is 23.3 Å². The van der Waals surface area contributed by atoms with E-state index in [0.717, 1.165) is 18.0 Å². The van der Waals surface area contributed by atoms with Crippen molar-refractivity contribution in [3.05, 3.63) is 29.8 Å². The molecule has 4 nitrogen and oxygen atoms in total. The van der Waals surface area contributed by atoms with Gasteiger partial charge in [0.05, 0.1) is 13.2 Å². The van der Waals surface area contributed by atoms with Crippen molar-refractivity contribution in [1.29, 1.82) is 0 Å². The minimum absolute atomic E-state index is 0.136. The number of nitrogens with one attached hydrogen (secondary N) is 1. The first kappa shape index (κ1) is 13.9. The zero-order valence-electron chi connectivity index (χ0n) is 11.2. The van der Waals surface area contributed by atoms with E-state index in [9.17, 15) is 4.79 Å². The molecule has 0 atom stereocenters. The van der Waals surface area contributed by atoms with Crippen molar-refractivity contribution >= 4 is 22.8 Å². The standard InChI is InChI=1S/C14H18N2O2S/c1-10(2)9-18-12-5-3-4-11(8-12)13(17)16-14-15-6-7-19-14/h3-5,8,10H,6-7,9H2,1-2H3,(H,15,16,17). The number of thioether (sulfide) groups is 1. The quantitative estimate of drug-likeness (QED) is 0.921. The van der Waals surface area contributed by atoms with Crippen LogP contribution in [0, 0.1) is 5.92 Å². The first-order chi connectivity index (χ1) is 9.15. The van der Waals surface area contributed by atoms with Gasteiger partial charge >= 0.3 is 0 Å². The van der Waals surface area contributed by atoms with Crippen LogP contribution in [0.3, 0.4) is 0 Å². The van der Waals surface area contributed by atoms with Crippen molar-refractivity contribution in [2.24, 2.45) is 10.9 Å². The number of benzene rings is 1. The van der Waals surface area contributed by atoms with Crippen LogP contribution in [-0.4, -0.2) is 30.0 Å². The molecule has 0 unspecified atom stereocenters. The van der Waals surface area contributed by atoms with Crippen molar-refractivity contribution in [2.75, 3.05) is 18.9 Å². The topological polar surface area (TPSA) is 50.7 Å². The smallest absolute Gasteiger partial charge is 0.257 e. The Balaban J connectivity index is 1.99. The van der Waals surface area contributed by atoms with E-state index in [1.807, 2.05) is 12.1 Å². The highest BCUT2D eigenvalue weighted by atomic mass is 32.2. The molecule has 1 aromatic rings. The summed E-state index contributed by atoms with van der Waals surface area (Å²) in [6, 6.07) is 7.23. The molecule has 1 aliphatic heterocycles. The summed E-state index contributed by atoms with van der Waals surface area (Å²) in [5.74, 6) is 1.99. The van der Waals surface area contributed by atoms with Gasteiger partial charge in [0.2, 0.25) is 0 Å². The van der Waals surface area contributed by atoms with E-state index in [-0.39, 0.29) is 5.91 Å². The van der Waals surface area contributed by atoms with Gasteiger partial charge in [0.1, 0.15) is 5.75 Å². The minimum Gasteiger partial charge on any atom is -0.493 e. The SMILES string of the molecule is CC(C)COc1cccc(C(=O)NC2=NCCS2)c1. The molecule has 1 aliphatic rings. The Labute approximate surface area is 117 Å². The fraction of sp³-hybridized carbons (Fsp3) is 0.429. The number of carbonyl (C=O) groups is 1. The lowest BCUT2D eigenvalue weighted by Crippen LogP contribution is -2.27. The molecular weight excluding hydrogens is 260 g/mol. The van der Waals surface area contributed by atoms with Crippen LogP contribution in [0.5, 0.6) is 5.75 Å². The van der Waals surface area contributed by atoms with E-state index in [1.54, 1.807) is 23.9 Å². The second-order valence-electron chi connectivity index (χ2n) is 4.72. The third-order valence-corrected chi connectivity index (χ3v) is 3.38. The third-order valence-electron chi connectivity index (χ3n) is 2.49. The molecule has 1 heterocycles. The monoisotopic (exact) mass is 278 g/mol. The second kappa shape index (κ2) is 6.61. The summed E-state index contributed by atoms with van der Waals surface area (Å²) in [6.45, 7) is 5.60. The molecule has 0 aliphatic carbocycles. The number of nitrogens with zero attached hydrogens (tertiary/aromatic N) is 1. The Morgan fingerprint density at radius 1 is 1.53 bits per heavy atom. The number of ether oxygens (including phenoxy) is 1. The molecule has 1 N–H and O–H groups in total. The Morgan fingerprint density at radius 3 is 3.05 bits per heavy atom. The number of hydrogen-bond donors (Lipinski definition) is 1. The van der Waals surface area contributed by atoms with Crippen LogP contribution in [0.15, 0.2) is 29.3 Å². The van der Waals surface area contributed by atoms with Crippen molar-refractivity contribution in [2.45, 2.75) is 13.8 Å². The van der Waals surface area contributed by atoms with Crippen LogP contribution in [0.1, 0.15) is 24.2 Å². The Bertz CT molecular complexity index is 486. The van der Waals surface area contributed by atoms with Gasteiger partial charge in [-0.2, -0.15) is 0 Å². The molecule has 1 aromatic carbocycles. The van der Waals surface area contributed by atoms with Crippen LogP contribution in [0.2, 0.25) is 0 Å². The van der Waals surface area contributed by atoms with Gasteiger partial charge in [0.15, 0.2) is 5.17 Å². The molecular formula is C14H18N2O2S. The summed E-state index contributed by atoms with van der Waals surface area (Å²) in [7, 11) is 0. The number of amidine groups is 1. The highest BCUT2D eigenvalue weighted by Crippen LogP contribution is 2.15. The summed E-state index contributed by atoms with van der Waals surface area (Å²) in [5.41, 5.74) is 0.594. The number of amides is 1. The van der Waals surface area contributed by atoms with Crippen LogP contribution in [0.4, 0.5) is 0 Å². The molecule has 2 rings (SSSR count). The molecule has 19 heavy (non-hydrogen) atoms. The number of carbonyl (C=O) groups excluding carboxylic acids is 1. The molecule has 0 bridgehead atoms. The highest BCUT2D eigenvalue weighted by Gasteiger charge is 2.13. The van der Waals surface area contributed by atoms with Gasteiger partial charge in [0, 0.05) is 11.3 Å². The predicted octanol–water partition coefficient (Wildman–Crippen LogP) is 2.55. The second-order valence-corrected chi connectivity index (χ2v) is 5.81. The molecule has 102 valence electrons. The first-order valence-electron chi connectivity index (χ1n) is 6.36. The molecule has 0 fully saturated rings. The number of rotatable bonds is 4. The Kier molecular flexibility index (Phi) is 4.85. The fourth-order valence-electron chi connectivity index (χ4n) is 1.57. The Morgan fingerprint density at radius 2 is 2.37 bits per heavy atom. The van der Waals surface area contributed by atoms with Gasteiger partial charge in [-0.25, -0.2) is 0 Å². The van der Waals surface area contributed by atoms with Gasteiger partial charge < -0.3 is 10.1 Å². The van der Waals surface area contributed by atoms with Gasteiger partial charge in [0.25, 0.3) is 5.91 Å². The van der Waals surface area contributed by atoms with Crippen LogP contribution in [-0.2, 0) is 0 Å². The largest absolute Gasteiger partial charge is 0.493 e. The summed E-state index contributed by atoms with van der Waals surface area (Å²) in [4.78, 5) is 16.2. The van der Waals surface area contributed by atoms with E-state index >= 15 is 0 Å². The summed E-state index contributed by atoms with van der Waals surface area (Å²) < 4.78 is 5.61. The van der Waals surface area contributed by atoms with Gasteiger partial charge in [-0.15, -0.1) is 0 Å². The first-order valence-corrected chi connectivity index (χ1v) is 7.35. The highest BCUT2D eigenvalue weighted by molar-refractivity contribution is 8.14. The number of aliphatic imine (C=N–C) groups is 1. The fourth-order valence-corrected chi connectivity index (χ4v) is 2.29. The Hall–Kier alpha value is -1.49. The maximum atomic E-state index is 12.0. The lowest BCUT2D eigenvalue weighted by atomic mass is 10.2. The van der Waals surface area contributed by atoms with Crippen molar-refractivity contribution in [3.8, 4) is 5.75 Å². The van der Waals surface area contributed by atoms with Crippen molar-refractivity contribution in [3.63, 3.8) is 0 Å². The maximum absolute atomic E-state index is 12.0. The zero-order valence-corrected chi connectivity index (χ0v) is 12.0. The van der Waals surface area contributed by atoms with Crippen LogP contribution in [0.25, 0.3) is 0 Å². The minimum atomic E-state index is -0.136. The average molecular weight is 278 g/mol. The molecule has 0 saturated carbocycles. The van der Waals surface area contributed by atoms with Crippen molar-refractivity contribution in [1.82, 2.24) is 5.32 Å². The summed E-state index contributed by atoms with van der Waals surface area (Å²) in [6.07, 6.45) is 0. The van der Waals surface area contributed by atoms with Gasteiger partial charge in [-0.1, -0.05) is 31.7 Å². The molecule has 0 radical (unpaired) electrons. The van der Waals surface area contributed by atoms with Crippen LogP contribution < -0.4 is 10.1 Å². The van der Waals surface area contributed by atoms with Crippen LogP contribution >= 0.6 is 11.8 Å². The van der Waals surface area contributed by atoms with E-state index in [1.165, 1.54) is 0 Å². The lowest BCUT2D eigenvalue weighted by Gasteiger charge is -2.10. The molecule has 0 spiro atoms. The predicted molar refractivity (Wildman–Crippen MR) is 79.0 cm³/mol. The molecule has 0 saturated heterocycles. The normalized spacial score (nSPS) is 14.4. The molecule has 5 heteroatoms. The molecule has 0 aromatic heterocycles. The summed E-state index contributed by atoms with van der Waals surface area (Å²) in [5, 5.41) is 3.51.